The number of nitrogens with zero attached hydrogens (tertiary/aromatic N) is 2. The quantitative estimate of drug-likeness (QED) is 0.295. The number of H-pyrrole nitrogens is 1. The van der Waals surface area contributed by atoms with Crippen molar-refractivity contribution in [2.24, 2.45) is 0 Å². The fraction of sp³-hybridized carbons (Fsp3) is 0.0385. The average Bonchev–Trinajstić information content (AvgIpc) is 3.33. The van der Waals surface area contributed by atoms with Crippen LogP contribution in [-0.2, 0) is 4.79 Å². The number of anilines is 1. The molecule has 8 heteroatoms. The number of rotatable bonds is 5. The van der Waals surface area contributed by atoms with E-state index in [4.69, 9.17) is 17.0 Å². The molecule has 168 valence electrons. The van der Waals surface area contributed by atoms with Gasteiger partial charge in [-0.25, -0.2) is 0 Å². The van der Waals surface area contributed by atoms with Gasteiger partial charge in [0.05, 0.1) is 22.6 Å². The van der Waals surface area contributed by atoms with E-state index in [9.17, 15) is 9.90 Å². The van der Waals surface area contributed by atoms with Gasteiger partial charge in [0.25, 0.3) is 5.91 Å². The van der Waals surface area contributed by atoms with Crippen molar-refractivity contribution in [1.29, 1.82) is 0 Å². The number of carbonyl (C=O) groups excluding carboxylic acids is 1. The Labute approximate surface area is 201 Å². The predicted octanol–water partition coefficient (Wildman–Crippen LogP) is 4.49. The molecular weight excluding hydrogens is 448 g/mol. The zero-order valence-corrected chi connectivity index (χ0v) is 18.7. The summed E-state index contributed by atoms with van der Waals surface area (Å²) in [5.74, 6) is 0.926. The van der Waals surface area contributed by atoms with E-state index in [0.717, 1.165) is 11.4 Å². The number of benzene rings is 2. The molecule has 1 unspecified atom stereocenters. The van der Waals surface area contributed by atoms with Crippen LogP contribution in [0.25, 0.3) is 17.5 Å². The van der Waals surface area contributed by atoms with E-state index in [1.807, 2.05) is 60.7 Å². The molecule has 3 heterocycles. The van der Waals surface area contributed by atoms with Crippen LogP contribution >= 0.6 is 12.2 Å². The van der Waals surface area contributed by atoms with Gasteiger partial charge in [-0.1, -0.05) is 24.3 Å². The van der Waals surface area contributed by atoms with Crippen LogP contribution in [0.15, 0.2) is 96.7 Å². The van der Waals surface area contributed by atoms with E-state index < -0.39 is 12.1 Å². The van der Waals surface area contributed by atoms with Crippen LogP contribution < -0.4 is 15.0 Å². The Morgan fingerprint density at radius 1 is 0.941 bits per heavy atom. The molecule has 0 spiro atoms. The molecule has 2 aromatic carbocycles. The van der Waals surface area contributed by atoms with Crippen molar-refractivity contribution < 1.29 is 14.6 Å². The Balaban J connectivity index is 1.38. The number of thiocarbonyl (C=S) groups is 1. The summed E-state index contributed by atoms with van der Waals surface area (Å²) in [6.45, 7) is 0. The van der Waals surface area contributed by atoms with Gasteiger partial charge >= 0.3 is 0 Å². The highest BCUT2D eigenvalue weighted by Crippen LogP contribution is 2.28. The largest absolute Gasteiger partial charge is 0.457 e. The van der Waals surface area contributed by atoms with E-state index in [-0.39, 0.29) is 10.7 Å². The first-order chi connectivity index (χ1) is 16.6. The third kappa shape index (κ3) is 4.45. The molecule has 0 saturated carbocycles. The van der Waals surface area contributed by atoms with Gasteiger partial charge in [-0.15, -0.1) is 0 Å². The monoisotopic (exact) mass is 468 g/mol. The zero-order chi connectivity index (χ0) is 23.5. The number of nitrogens with one attached hydrogen (secondary N) is 2. The highest BCUT2D eigenvalue weighted by Gasteiger charge is 2.34. The first kappa shape index (κ1) is 21.6. The Kier molecular flexibility index (Phi) is 5.90. The number of pyridine rings is 1. The van der Waals surface area contributed by atoms with Crippen LogP contribution in [0.5, 0.6) is 11.5 Å². The molecule has 0 aliphatic carbocycles. The minimum Gasteiger partial charge on any atom is -0.457 e. The lowest BCUT2D eigenvalue weighted by atomic mass is 10.1. The van der Waals surface area contributed by atoms with E-state index >= 15 is 0 Å². The van der Waals surface area contributed by atoms with Gasteiger partial charge in [0.15, 0.2) is 11.3 Å². The summed E-state index contributed by atoms with van der Waals surface area (Å²) in [6.07, 6.45) is 2.09. The van der Waals surface area contributed by atoms with Crippen LogP contribution in [0, 0.1) is 0 Å². The number of ether oxygens (including phenoxy) is 1. The Hall–Kier alpha value is -4.27. The second kappa shape index (κ2) is 9.30. The van der Waals surface area contributed by atoms with Crippen molar-refractivity contribution in [2.45, 2.75) is 6.23 Å². The van der Waals surface area contributed by atoms with E-state index in [0.29, 0.717) is 22.9 Å². The number of hydrogen-bond acceptors (Lipinski definition) is 5. The molecule has 4 aromatic rings. The normalized spacial score (nSPS) is 17.0. The number of para-hydroxylation sites is 1. The standard InChI is InChI=1S/C26H20N4O3S/c31-24-21(16-17-9-14-23(28-17)22-8-4-5-15-27-22)25(32)30(26(34)29-24)18-10-12-20(13-11-18)33-19-6-2-1-3-7-19/h1-16,24,28,31H,(H,29,34). The number of carbonyl (C=O) groups is 1. The molecule has 1 fully saturated rings. The van der Waals surface area contributed by atoms with Crippen molar-refractivity contribution in [3.8, 4) is 22.9 Å². The molecule has 1 saturated heterocycles. The SMILES string of the molecule is O=C1C(=Cc2ccc(-c3ccccn3)[nH]2)C(O)NC(=S)N1c1ccc(Oc2ccccc2)cc1. The van der Waals surface area contributed by atoms with E-state index in [1.165, 1.54) is 4.90 Å². The van der Waals surface area contributed by atoms with Gasteiger partial charge in [0, 0.05) is 11.9 Å². The lowest BCUT2D eigenvalue weighted by molar-refractivity contribution is -0.115. The molecule has 2 aromatic heterocycles. The second-order valence-corrected chi connectivity index (χ2v) is 7.93. The van der Waals surface area contributed by atoms with E-state index in [2.05, 4.69) is 15.3 Å². The van der Waals surface area contributed by atoms with Crippen molar-refractivity contribution >= 4 is 35.0 Å². The number of amides is 1. The first-order valence-corrected chi connectivity index (χ1v) is 11.0. The van der Waals surface area contributed by atoms with Gasteiger partial charge in [-0.05, 0) is 79.0 Å². The van der Waals surface area contributed by atoms with Gasteiger partial charge < -0.3 is 20.1 Å². The summed E-state index contributed by atoms with van der Waals surface area (Å²) in [5, 5.41) is 13.4. The number of aliphatic hydroxyl groups excluding tert-OH is 1. The Bertz CT molecular complexity index is 1350. The highest BCUT2D eigenvalue weighted by molar-refractivity contribution is 7.80. The van der Waals surface area contributed by atoms with Gasteiger partial charge in [-0.3, -0.25) is 14.7 Å². The molecule has 3 N–H and O–H groups in total. The number of aliphatic hydroxyl groups is 1. The number of aromatic nitrogens is 2. The smallest absolute Gasteiger partial charge is 0.265 e. The van der Waals surface area contributed by atoms with Crippen LogP contribution in [0.4, 0.5) is 5.69 Å². The molecule has 0 bridgehead atoms. The summed E-state index contributed by atoms with van der Waals surface area (Å²) in [6, 6.07) is 25.7. The summed E-state index contributed by atoms with van der Waals surface area (Å²) in [5.41, 5.74) is 2.96. The molecule has 1 aliphatic rings. The van der Waals surface area contributed by atoms with Crippen molar-refractivity contribution in [3.05, 3.63) is 102 Å². The third-order valence-electron chi connectivity index (χ3n) is 5.24. The average molecular weight is 469 g/mol. The van der Waals surface area contributed by atoms with Gasteiger partial charge in [0.1, 0.15) is 11.5 Å². The maximum absolute atomic E-state index is 13.3. The van der Waals surface area contributed by atoms with Crippen LogP contribution in [0.2, 0.25) is 0 Å². The Morgan fingerprint density at radius 3 is 2.41 bits per heavy atom. The molecule has 0 radical (unpaired) electrons. The fourth-order valence-electron chi connectivity index (χ4n) is 3.60. The lowest BCUT2D eigenvalue weighted by Gasteiger charge is -2.33. The summed E-state index contributed by atoms with van der Waals surface area (Å²) in [7, 11) is 0. The van der Waals surface area contributed by atoms with Crippen LogP contribution in [0.3, 0.4) is 0 Å². The summed E-state index contributed by atoms with van der Waals surface area (Å²) >= 11 is 5.35. The summed E-state index contributed by atoms with van der Waals surface area (Å²) in [4.78, 5) is 22.2. The summed E-state index contributed by atoms with van der Waals surface area (Å²) < 4.78 is 5.82. The van der Waals surface area contributed by atoms with Crippen LogP contribution in [-0.4, -0.2) is 32.3 Å². The lowest BCUT2D eigenvalue weighted by Crippen LogP contribution is -2.56. The molecule has 5 rings (SSSR count). The van der Waals surface area contributed by atoms with Crippen LogP contribution in [0.1, 0.15) is 5.69 Å². The van der Waals surface area contributed by atoms with Gasteiger partial charge in [-0.2, -0.15) is 0 Å². The molecule has 1 amide bonds. The maximum atomic E-state index is 13.3. The third-order valence-corrected chi connectivity index (χ3v) is 5.54. The van der Waals surface area contributed by atoms with Gasteiger partial charge in [0.2, 0.25) is 0 Å². The minimum absolute atomic E-state index is 0.118. The van der Waals surface area contributed by atoms with Crippen molar-refractivity contribution in [3.63, 3.8) is 0 Å². The predicted molar refractivity (Wildman–Crippen MR) is 134 cm³/mol. The Morgan fingerprint density at radius 2 is 1.68 bits per heavy atom. The molecule has 34 heavy (non-hydrogen) atoms. The number of hydrogen-bond donors (Lipinski definition) is 3. The molecular formula is C26H20N4O3S. The highest BCUT2D eigenvalue weighted by atomic mass is 32.1. The molecule has 1 atom stereocenters. The minimum atomic E-state index is -1.22. The topological polar surface area (TPSA) is 90.5 Å². The van der Waals surface area contributed by atoms with Crippen molar-refractivity contribution in [2.75, 3.05) is 4.90 Å². The molecule has 1 aliphatic heterocycles. The second-order valence-electron chi connectivity index (χ2n) is 7.54. The zero-order valence-electron chi connectivity index (χ0n) is 17.9. The number of aromatic amines is 1. The fourth-order valence-corrected chi connectivity index (χ4v) is 3.90. The van der Waals surface area contributed by atoms with Crippen molar-refractivity contribution in [1.82, 2.24) is 15.3 Å². The molecule has 7 nitrogen and oxygen atoms in total. The van der Waals surface area contributed by atoms with E-state index in [1.54, 1.807) is 36.5 Å². The first-order valence-electron chi connectivity index (χ1n) is 10.6. The maximum Gasteiger partial charge on any atom is 0.265 e.